The number of fused-ring (bicyclic) bond motifs is 1. The van der Waals surface area contributed by atoms with E-state index in [0.717, 1.165) is 6.42 Å². The number of hydrogen-bond donors (Lipinski definition) is 0. The van der Waals surface area contributed by atoms with Gasteiger partial charge in [0.1, 0.15) is 0 Å². The maximum absolute atomic E-state index is 3.72. The Morgan fingerprint density at radius 2 is 1.89 bits per heavy atom. The molecule has 2 aromatic carbocycles. The Balaban J connectivity index is 2.30. The maximum atomic E-state index is 3.72. The van der Waals surface area contributed by atoms with Gasteiger partial charge in [-0.05, 0) is 48.6 Å². The van der Waals surface area contributed by atoms with Gasteiger partial charge in [0.15, 0.2) is 0 Å². The summed E-state index contributed by atoms with van der Waals surface area (Å²) in [7, 11) is 0. The second-order valence-electron chi connectivity index (χ2n) is 4.92. The molecule has 90 valence electrons. The van der Waals surface area contributed by atoms with Crippen molar-refractivity contribution in [2.45, 2.75) is 20.3 Å². The first-order chi connectivity index (χ1) is 8.66. The van der Waals surface area contributed by atoms with Crippen molar-refractivity contribution in [3.05, 3.63) is 63.1 Å². The summed E-state index contributed by atoms with van der Waals surface area (Å²) >= 11 is 3.72. The topological polar surface area (TPSA) is 0 Å². The minimum absolute atomic E-state index is 1.04. The molecule has 1 aliphatic carbocycles. The molecule has 0 fully saturated rings. The molecule has 0 unspecified atom stereocenters. The normalized spacial score (nSPS) is 12.8. The number of allylic oxidation sites excluding steroid dienone is 1. The highest BCUT2D eigenvalue weighted by molar-refractivity contribution is 9.10. The number of aryl methyl sites for hydroxylation is 2. The lowest BCUT2D eigenvalue weighted by Crippen LogP contribution is -1.93. The molecule has 0 aromatic heterocycles. The van der Waals surface area contributed by atoms with Crippen LogP contribution in [-0.2, 0) is 6.42 Å². The lowest BCUT2D eigenvalue weighted by Gasteiger charge is -2.14. The fourth-order valence-electron chi connectivity index (χ4n) is 2.61. The van der Waals surface area contributed by atoms with Crippen molar-refractivity contribution in [3.63, 3.8) is 0 Å². The van der Waals surface area contributed by atoms with Crippen LogP contribution in [0.4, 0.5) is 0 Å². The monoisotopic (exact) mass is 298 g/mol. The van der Waals surface area contributed by atoms with Crippen LogP contribution in [-0.4, -0.2) is 0 Å². The zero-order valence-corrected chi connectivity index (χ0v) is 12.2. The second-order valence-corrected chi connectivity index (χ2v) is 5.77. The van der Waals surface area contributed by atoms with Gasteiger partial charge in [0.05, 0.1) is 0 Å². The van der Waals surface area contributed by atoms with Crippen LogP contribution < -0.4 is 0 Å². The molecule has 0 saturated heterocycles. The first kappa shape index (κ1) is 11.7. The lowest BCUT2D eigenvalue weighted by atomic mass is 9.92. The standard InChI is InChI=1S/C17H15Br/c1-11-6-7-12(2)15(10-11)17-14-5-3-4-13(14)8-9-16(17)18/h3-4,6-10H,5H2,1-2H3. The molecule has 3 rings (SSSR count). The Hall–Kier alpha value is -1.34. The van der Waals surface area contributed by atoms with E-state index >= 15 is 0 Å². The Labute approximate surface area is 116 Å². The van der Waals surface area contributed by atoms with Crippen LogP contribution >= 0.6 is 15.9 Å². The summed E-state index contributed by atoms with van der Waals surface area (Å²) in [5.41, 5.74) is 8.15. The minimum Gasteiger partial charge on any atom is -0.0795 e. The first-order valence-corrected chi connectivity index (χ1v) is 7.01. The minimum atomic E-state index is 1.04. The maximum Gasteiger partial charge on any atom is 0.0257 e. The summed E-state index contributed by atoms with van der Waals surface area (Å²) < 4.78 is 1.19. The van der Waals surface area contributed by atoms with Gasteiger partial charge in [0.25, 0.3) is 0 Å². The molecule has 0 nitrogen and oxygen atoms in total. The molecule has 1 aliphatic rings. The van der Waals surface area contributed by atoms with Crippen LogP contribution in [0.25, 0.3) is 17.2 Å². The van der Waals surface area contributed by atoms with E-state index in [4.69, 9.17) is 0 Å². The van der Waals surface area contributed by atoms with Gasteiger partial charge in [0.2, 0.25) is 0 Å². The predicted molar refractivity (Wildman–Crippen MR) is 81.8 cm³/mol. The molecule has 0 saturated carbocycles. The molecule has 0 atom stereocenters. The number of hydrogen-bond acceptors (Lipinski definition) is 0. The highest BCUT2D eigenvalue weighted by Crippen LogP contribution is 2.38. The van der Waals surface area contributed by atoms with E-state index in [-0.39, 0.29) is 0 Å². The van der Waals surface area contributed by atoms with E-state index in [1.54, 1.807) is 0 Å². The van der Waals surface area contributed by atoms with Gasteiger partial charge < -0.3 is 0 Å². The molecule has 0 radical (unpaired) electrons. The van der Waals surface area contributed by atoms with E-state index in [9.17, 15) is 0 Å². The molecule has 0 aliphatic heterocycles. The number of halogens is 1. The Kier molecular flexibility index (Phi) is 2.87. The number of rotatable bonds is 1. The summed E-state index contributed by atoms with van der Waals surface area (Å²) in [6.45, 7) is 4.33. The van der Waals surface area contributed by atoms with E-state index < -0.39 is 0 Å². The van der Waals surface area contributed by atoms with Crippen molar-refractivity contribution in [1.82, 2.24) is 0 Å². The highest BCUT2D eigenvalue weighted by atomic mass is 79.9. The van der Waals surface area contributed by atoms with Crippen molar-refractivity contribution in [1.29, 1.82) is 0 Å². The molecular weight excluding hydrogens is 284 g/mol. The van der Waals surface area contributed by atoms with Gasteiger partial charge in [0, 0.05) is 10.0 Å². The van der Waals surface area contributed by atoms with Crippen LogP contribution in [0.2, 0.25) is 0 Å². The smallest absolute Gasteiger partial charge is 0.0257 e. The summed E-state index contributed by atoms with van der Waals surface area (Å²) in [6, 6.07) is 11.0. The van der Waals surface area contributed by atoms with Crippen molar-refractivity contribution >= 4 is 22.0 Å². The van der Waals surface area contributed by atoms with E-state index in [1.807, 2.05) is 0 Å². The van der Waals surface area contributed by atoms with Crippen molar-refractivity contribution in [3.8, 4) is 11.1 Å². The SMILES string of the molecule is Cc1ccc(C)c(-c2c(Br)ccc3c2CC=C3)c1. The average molecular weight is 299 g/mol. The molecule has 0 spiro atoms. The van der Waals surface area contributed by atoms with Gasteiger partial charge in [-0.3, -0.25) is 0 Å². The fourth-order valence-corrected chi connectivity index (χ4v) is 3.20. The first-order valence-electron chi connectivity index (χ1n) is 6.22. The van der Waals surface area contributed by atoms with Gasteiger partial charge >= 0.3 is 0 Å². The van der Waals surface area contributed by atoms with Gasteiger partial charge in [-0.2, -0.15) is 0 Å². The molecule has 18 heavy (non-hydrogen) atoms. The molecule has 2 aromatic rings. The lowest BCUT2D eigenvalue weighted by molar-refractivity contribution is 1.29. The van der Waals surface area contributed by atoms with Crippen LogP contribution in [0.5, 0.6) is 0 Å². The number of benzene rings is 2. The molecule has 0 heterocycles. The third kappa shape index (κ3) is 1.83. The molecule has 0 bridgehead atoms. The van der Waals surface area contributed by atoms with Crippen LogP contribution in [0.1, 0.15) is 22.3 Å². The molecule has 1 heteroatoms. The summed E-state index contributed by atoms with van der Waals surface area (Å²) in [5.74, 6) is 0. The summed E-state index contributed by atoms with van der Waals surface area (Å²) in [6.07, 6.45) is 5.50. The van der Waals surface area contributed by atoms with Crippen LogP contribution in [0, 0.1) is 13.8 Å². The van der Waals surface area contributed by atoms with Crippen molar-refractivity contribution < 1.29 is 0 Å². The predicted octanol–water partition coefficient (Wildman–Crippen LogP) is 5.30. The quantitative estimate of drug-likeness (QED) is 0.670. The fraction of sp³-hybridized carbons (Fsp3) is 0.176. The van der Waals surface area contributed by atoms with Gasteiger partial charge in [-0.25, -0.2) is 0 Å². The zero-order chi connectivity index (χ0) is 12.7. The van der Waals surface area contributed by atoms with E-state index in [1.165, 1.54) is 37.9 Å². The third-order valence-corrected chi connectivity index (χ3v) is 4.24. The zero-order valence-electron chi connectivity index (χ0n) is 10.6. The van der Waals surface area contributed by atoms with Gasteiger partial charge in [-0.15, -0.1) is 0 Å². The third-order valence-electron chi connectivity index (χ3n) is 3.58. The van der Waals surface area contributed by atoms with E-state index in [2.05, 4.69) is 72.3 Å². The van der Waals surface area contributed by atoms with E-state index in [0.29, 0.717) is 0 Å². The molecular formula is C17H15Br. The highest BCUT2D eigenvalue weighted by Gasteiger charge is 2.16. The van der Waals surface area contributed by atoms with Crippen LogP contribution in [0.3, 0.4) is 0 Å². The Bertz CT molecular complexity index is 651. The molecule has 0 N–H and O–H groups in total. The summed E-state index contributed by atoms with van der Waals surface area (Å²) in [5, 5.41) is 0. The summed E-state index contributed by atoms with van der Waals surface area (Å²) in [4.78, 5) is 0. The Morgan fingerprint density at radius 1 is 1.06 bits per heavy atom. The van der Waals surface area contributed by atoms with Gasteiger partial charge in [-0.1, -0.05) is 57.9 Å². The van der Waals surface area contributed by atoms with Crippen molar-refractivity contribution in [2.24, 2.45) is 0 Å². The average Bonchev–Trinajstić information content (AvgIpc) is 2.81. The largest absolute Gasteiger partial charge is 0.0795 e. The van der Waals surface area contributed by atoms with Crippen molar-refractivity contribution in [2.75, 3.05) is 0 Å². The second kappa shape index (κ2) is 4.40. The van der Waals surface area contributed by atoms with Crippen LogP contribution in [0.15, 0.2) is 40.9 Å². The Morgan fingerprint density at radius 3 is 2.72 bits per heavy atom. The molecule has 0 amide bonds.